The average Bonchev–Trinajstić information content (AvgIpc) is 2.71. The van der Waals surface area contributed by atoms with Crippen molar-refractivity contribution in [1.82, 2.24) is 4.57 Å². The molecule has 3 rings (SSSR count). The van der Waals surface area contributed by atoms with Crippen molar-refractivity contribution in [2.75, 3.05) is 19.0 Å². The van der Waals surface area contributed by atoms with Crippen molar-refractivity contribution in [3.8, 4) is 0 Å². The van der Waals surface area contributed by atoms with Gasteiger partial charge in [-0.25, -0.2) is 0 Å². The predicted molar refractivity (Wildman–Crippen MR) is 81.4 cm³/mol. The van der Waals surface area contributed by atoms with Gasteiger partial charge in [0.15, 0.2) is 0 Å². The van der Waals surface area contributed by atoms with Gasteiger partial charge < -0.3 is 9.47 Å². The molecule has 0 atom stereocenters. The van der Waals surface area contributed by atoms with Crippen molar-refractivity contribution < 1.29 is 4.92 Å². The van der Waals surface area contributed by atoms with Gasteiger partial charge in [0.05, 0.1) is 10.4 Å². The smallest absolute Gasteiger partial charge is 0.270 e. The van der Waals surface area contributed by atoms with E-state index in [1.54, 1.807) is 12.1 Å². The number of hydrogen-bond donors (Lipinski definition) is 0. The Labute approximate surface area is 116 Å². The Balaban J connectivity index is 2.38. The molecule has 2 aromatic carbocycles. The molecule has 1 heterocycles. The van der Waals surface area contributed by atoms with Gasteiger partial charge >= 0.3 is 0 Å². The molecule has 0 spiro atoms. The predicted octanol–water partition coefficient (Wildman–Crippen LogP) is 3.31. The molecule has 5 nitrogen and oxygen atoms in total. The number of hydrogen-bond acceptors (Lipinski definition) is 3. The first-order valence-corrected chi connectivity index (χ1v) is 6.33. The molecule has 0 aliphatic heterocycles. The van der Waals surface area contributed by atoms with Crippen molar-refractivity contribution in [1.29, 1.82) is 0 Å². The molecule has 102 valence electrons. The number of aryl methyl sites for hydroxylation is 1. The van der Waals surface area contributed by atoms with Crippen molar-refractivity contribution in [2.24, 2.45) is 7.05 Å². The van der Waals surface area contributed by atoms with Crippen LogP contribution in [0.15, 0.2) is 36.4 Å². The normalized spacial score (nSPS) is 11.2. The highest BCUT2D eigenvalue weighted by molar-refractivity contribution is 6.09. The minimum atomic E-state index is -0.355. The number of anilines is 1. The number of benzene rings is 2. The third kappa shape index (κ3) is 1.71. The van der Waals surface area contributed by atoms with Gasteiger partial charge in [0.25, 0.3) is 5.69 Å². The van der Waals surface area contributed by atoms with Crippen LogP contribution in [0.4, 0.5) is 11.4 Å². The van der Waals surface area contributed by atoms with Crippen molar-refractivity contribution in [3.05, 3.63) is 46.5 Å². The molecule has 0 radical (unpaired) electrons. The maximum Gasteiger partial charge on any atom is 0.270 e. The lowest BCUT2D eigenvalue weighted by atomic mass is 10.1. The van der Waals surface area contributed by atoms with Crippen LogP contribution in [0.3, 0.4) is 0 Å². The average molecular weight is 269 g/mol. The van der Waals surface area contributed by atoms with Gasteiger partial charge in [0.2, 0.25) is 0 Å². The van der Waals surface area contributed by atoms with Crippen LogP contribution in [0.25, 0.3) is 21.8 Å². The topological polar surface area (TPSA) is 51.3 Å². The molecule has 1 aromatic heterocycles. The molecule has 0 fully saturated rings. The van der Waals surface area contributed by atoms with E-state index in [4.69, 9.17) is 0 Å². The molecule has 3 aromatic rings. The molecule has 0 bridgehead atoms. The molecule has 20 heavy (non-hydrogen) atoms. The summed E-state index contributed by atoms with van der Waals surface area (Å²) in [5, 5.41) is 12.9. The zero-order valence-electron chi connectivity index (χ0n) is 11.6. The minimum Gasteiger partial charge on any atom is -0.378 e. The standard InChI is InChI=1S/C15H15N3O2/c1-16(2)10-4-6-12-13-8-11(18(19)20)5-7-14(13)17(3)15(12)9-10/h4-9H,1-3H3. The highest BCUT2D eigenvalue weighted by atomic mass is 16.6. The summed E-state index contributed by atoms with van der Waals surface area (Å²) in [6.07, 6.45) is 0. The first-order valence-electron chi connectivity index (χ1n) is 6.33. The third-order valence-corrected chi connectivity index (χ3v) is 3.70. The Kier molecular flexibility index (Phi) is 2.64. The first kappa shape index (κ1) is 12.5. The number of rotatable bonds is 2. The van der Waals surface area contributed by atoms with E-state index in [9.17, 15) is 10.1 Å². The Morgan fingerprint density at radius 2 is 1.80 bits per heavy atom. The van der Waals surface area contributed by atoms with Crippen molar-refractivity contribution in [3.63, 3.8) is 0 Å². The number of nitrogens with zero attached hydrogens (tertiary/aromatic N) is 3. The molecule has 0 N–H and O–H groups in total. The summed E-state index contributed by atoms with van der Waals surface area (Å²) in [6.45, 7) is 0. The number of nitro benzene ring substituents is 1. The molecule has 0 aliphatic rings. The van der Waals surface area contributed by atoms with E-state index < -0.39 is 0 Å². The maximum atomic E-state index is 10.9. The second-order valence-electron chi connectivity index (χ2n) is 5.11. The number of aromatic nitrogens is 1. The van der Waals surface area contributed by atoms with Crippen LogP contribution in [0, 0.1) is 10.1 Å². The Morgan fingerprint density at radius 1 is 1.05 bits per heavy atom. The lowest BCUT2D eigenvalue weighted by molar-refractivity contribution is -0.384. The zero-order chi connectivity index (χ0) is 14.4. The van der Waals surface area contributed by atoms with E-state index in [2.05, 4.69) is 10.6 Å². The van der Waals surface area contributed by atoms with E-state index in [-0.39, 0.29) is 10.6 Å². The Bertz CT molecular complexity index is 834. The summed E-state index contributed by atoms with van der Waals surface area (Å²) in [6, 6.07) is 11.2. The summed E-state index contributed by atoms with van der Waals surface area (Å²) in [4.78, 5) is 12.6. The lowest BCUT2D eigenvalue weighted by Gasteiger charge is -2.12. The second-order valence-corrected chi connectivity index (χ2v) is 5.11. The lowest BCUT2D eigenvalue weighted by Crippen LogP contribution is -2.08. The van der Waals surface area contributed by atoms with Crippen LogP contribution in [0.5, 0.6) is 0 Å². The minimum absolute atomic E-state index is 0.127. The van der Waals surface area contributed by atoms with Gasteiger partial charge in [-0.05, 0) is 18.2 Å². The zero-order valence-corrected chi connectivity index (χ0v) is 11.6. The van der Waals surface area contributed by atoms with Crippen LogP contribution < -0.4 is 4.90 Å². The largest absolute Gasteiger partial charge is 0.378 e. The van der Waals surface area contributed by atoms with Gasteiger partial charge in [-0.1, -0.05) is 6.07 Å². The third-order valence-electron chi connectivity index (χ3n) is 3.70. The van der Waals surface area contributed by atoms with Gasteiger partial charge in [0.1, 0.15) is 0 Å². The molecule has 5 heteroatoms. The summed E-state index contributed by atoms with van der Waals surface area (Å²) in [5.74, 6) is 0. The van der Waals surface area contributed by atoms with E-state index in [1.165, 1.54) is 0 Å². The van der Waals surface area contributed by atoms with Crippen LogP contribution in [-0.2, 0) is 7.05 Å². The fourth-order valence-electron chi connectivity index (χ4n) is 2.58. The van der Waals surface area contributed by atoms with Gasteiger partial charge in [0, 0.05) is 55.3 Å². The van der Waals surface area contributed by atoms with E-state index >= 15 is 0 Å². The molecular formula is C15H15N3O2. The number of fused-ring (bicyclic) bond motifs is 3. The van der Waals surface area contributed by atoms with Crippen LogP contribution in [-0.4, -0.2) is 23.6 Å². The van der Waals surface area contributed by atoms with E-state index in [0.717, 1.165) is 27.5 Å². The second kappa shape index (κ2) is 4.23. The quantitative estimate of drug-likeness (QED) is 0.530. The van der Waals surface area contributed by atoms with Gasteiger partial charge in [-0.3, -0.25) is 10.1 Å². The van der Waals surface area contributed by atoms with Crippen LogP contribution >= 0.6 is 0 Å². The maximum absolute atomic E-state index is 10.9. The van der Waals surface area contributed by atoms with E-state index in [1.807, 2.05) is 44.2 Å². The molecule has 0 unspecified atom stereocenters. The molecule has 0 aliphatic carbocycles. The summed E-state index contributed by atoms with van der Waals surface area (Å²) >= 11 is 0. The summed E-state index contributed by atoms with van der Waals surface area (Å²) < 4.78 is 2.07. The van der Waals surface area contributed by atoms with Crippen molar-refractivity contribution in [2.45, 2.75) is 0 Å². The fourth-order valence-corrected chi connectivity index (χ4v) is 2.58. The van der Waals surface area contributed by atoms with Crippen molar-refractivity contribution >= 4 is 33.2 Å². The highest BCUT2D eigenvalue weighted by Gasteiger charge is 2.13. The molecule has 0 saturated carbocycles. The van der Waals surface area contributed by atoms with Gasteiger partial charge in [-0.15, -0.1) is 0 Å². The SMILES string of the molecule is CN(C)c1ccc2c3cc([N+](=O)[O-])ccc3n(C)c2c1. The monoisotopic (exact) mass is 269 g/mol. The van der Waals surface area contributed by atoms with Crippen LogP contribution in [0.1, 0.15) is 0 Å². The van der Waals surface area contributed by atoms with E-state index in [0.29, 0.717) is 0 Å². The van der Waals surface area contributed by atoms with Gasteiger partial charge in [-0.2, -0.15) is 0 Å². The Hall–Kier alpha value is -2.56. The summed E-state index contributed by atoms with van der Waals surface area (Å²) in [7, 11) is 5.97. The first-order chi connectivity index (χ1) is 9.49. The number of non-ortho nitro benzene ring substituents is 1. The molecule has 0 amide bonds. The van der Waals surface area contributed by atoms with Crippen LogP contribution in [0.2, 0.25) is 0 Å². The number of nitro groups is 1. The fraction of sp³-hybridized carbons (Fsp3) is 0.200. The highest BCUT2D eigenvalue weighted by Crippen LogP contribution is 2.32. The summed E-state index contributed by atoms with van der Waals surface area (Å²) in [5.41, 5.74) is 3.31. The Morgan fingerprint density at radius 3 is 2.45 bits per heavy atom. The molecule has 0 saturated heterocycles. The molecular weight excluding hydrogens is 254 g/mol.